The van der Waals surface area contributed by atoms with Crippen LogP contribution in [0.2, 0.25) is 0 Å². The minimum Gasteiger partial charge on any atom is -0.504 e. The number of aromatic nitrogens is 2. The summed E-state index contributed by atoms with van der Waals surface area (Å²) < 4.78 is 12.9. The van der Waals surface area contributed by atoms with Gasteiger partial charge in [-0.05, 0) is 41.5 Å². The van der Waals surface area contributed by atoms with Gasteiger partial charge in [0.1, 0.15) is 24.8 Å². The number of rotatable bonds is 2. The molecule has 3 heterocycles. The second-order valence-electron chi connectivity index (χ2n) is 6.64. The van der Waals surface area contributed by atoms with Crippen molar-refractivity contribution in [2.45, 2.75) is 0 Å². The number of nitrogens with zero attached hydrogens (tertiary/aromatic N) is 2. The van der Waals surface area contributed by atoms with Gasteiger partial charge in [0.2, 0.25) is 0 Å². The highest BCUT2D eigenvalue weighted by Crippen LogP contribution is 2.35. The smallest absolute Gasteiger partial charge is 0.270 e. The normalized spacial score (nSPS) is 12.7. The van der Waals surface area contributed by atoms with Crippen LogP contribution in [0.25, 0.3) is 27.8 Å². The van der Waals surface area contributed by atoms with Crippen LogP contribution in [0.3, 0.4) is 0 Å². The van der Waals surface area contributed by atoms with E-state index in [1.807, 2.05) is 42.5 Å². The van der Waals surface area contributed by atoms with Gasteiger partial charge in [-0.3, -0.25) is 4.79 Å². The summed E-state index contributed by atoms with van der Waals surface area (Å²) in [6.45, 7) is 1.09. The molecule has 0 saturated carbocycles. The Morgan fingerprint density at radius 3 is 2.48 bits per heavy atom. The predicted molar refractivity (Wildman–Crippen MR) is 107 cm³/mol. The van der Waals surface area contributed by atoms with E-state index < -0.39 is 5.56 Å². The molecule has 0 atom stereocenters. The molecule has 0 fully saturated rings. The molecule has 0 aliphatic carbocycles. The topological polar surface area (TPSA) is 100 Å². The molecule has 7 nitrogen and oxygen atoms in total. The van der Waals surface area contributed by atoms with Crippen molar-refractivity contribution in [1.29, 1.82) is 5.26 Å². The summed E-state index contributed by atoms with van der Waals surface area (Å²) in [5.41, 5.74) is 2.72. The number of nitrogens with one attached hydrogen (secondary N) is 1. The first kappa shape index (κ1) is 17.0. The van der Waals surface area contributed by atoms with E-state index in [0.29, 0.717) is 24.2 Å². The van der Waals surface area contributed by atoms with Crippen molar-refractivity contribution in [2.75, 3.05) is 13.2 Å². The van der Waals surface area contributed by atoms with Crippen molar-refractivity contribution in [3.63, 3.8) is 0 Å². The van der Waals surface area contributed by atoms with Crippen LogP contribution in [-0.2, 0) is 0 Å². The van der Waals surface area contributed by atoms with Crippen LogP contribution in [0, 0.1) is 11.3 Å². The first-order valence-corrected chi connectivity index (χ1v) is 9.02. The van der Waals surface area contributed by atoms with Crippen molar-refractivity contribution in [2.24, 2.45) is 0 Å². The second kappa shape index (κ2) is 6.46. The molecule has 2 N–H and O–H groups in total. The van der Waals surface area contributed by atoms with Crippen LogP contribution in [0.15, 0.2) is 59.5 Å². The van der Waals surface area contributed by atoms with Gasteiger partial charge in [-0.15, -0.1) is 0 Å². The zero-order chi connectivity index (χ0) is 20.0. The third-order valence-electron chi connectivity index (χ3n) is 4.96. The second-order valence-corrected chi connectivity index (χ2v) is 6.64. The van der Waals surface area contributed by atoms with Gasteiger partial charge in [0, 0.05) is 11.9 Å². The van der Waals surface area contributed by atoms with E-state index >= 15 is 0 Å². The van der Waals surface area contributed by atoms with Crippen LogP contribution >= 0.6 is 0 Å². The molecule has 0 saturated heterocycles. The third kappa shape index (κ3) is 2.70. The Balaban J connectivity index is 1.56. The maximum Gasteiger partial charge on any atom is 0.270 e. The number of hydrogen-bond acceptors (Lipinski definition) is 5. The van der Waals surface area contributed by atoms with Crippen LogP contribution in [0.5, 0.6) is 17.2 Å². The number of H-pyrrole nitrogens is 1. The monoisotopic (exact) mass is 385 g/mol. The van der Waals surface area contributed by atoms with E-state index in [-0.39, 0.29) is 11.3 Å². The summed E-state index contributed by atoms with van der Waals surface area (Å²) >= 11 is 0. The standard InChI is InChI=1S/C22H15N3O4/c23-12-16-21(26)20-17(24-22(16)27)7-8-25(20)15-4-1-13(2-5-15)14-3-6-18-19(11-14)29-10-9-28-18/h1-8,11H,9-10H2,(H2,24,26,27). The average Bonchev–Trinajstić information content (AvgIpc) is 3.18. The van der Waals surface area contributed by atoms with Gasteiger partial charge in [0.25, 0.3) is 5.56 Å². The molecule has 0 bridgehead atoms. The Hall–Kier alpha value is -4.18. The van der Waals surface area contributed by atoms with Crippen molar-refractivity contribution in [3.8, 4) is 40.1 Å². The van der Waals surface area contributed by atoms with Gasteiger partial charge >= 0.3 is 0 Å². The molecule has 0 spiro atoms. The highest BCUT2D eigenvalue weighted by Gasteiger charge is 2.16. The Bertz CT molecular complexity index is 1340. The first-order valence-electron chi connectivity index (χ1n) is 9.02. The molecule has 2 aromatic carbocycles. The lowest BCUT2D eigenvalue weighted by Gasteiger charge is -2.19. The molecular weight excluding hydrogens is 370 g/mol. The Labute approximate surface area is 165 Å². The molecule has 0 unspecified atom stereocenters. The first-order chi connectivity index (χ1) is 14.2. The van der Waals surface area contributed by atoms with E-state index in [1.54, 1.807) is 22.9 Å². The summed E-state index contributed by atoms with van der Waals surface area (Å²) in [6, 6.07) is 17.0. The van der Waals surface area contributed by atoms with Gasteiger partial charge in [-0.25, -0.2) is 0 Å². The van der Waals surface area contributed by atoms with Crippen LogP contribution in [-0.4, -0.2) is 27.9 Å². The molecule has 29 heavy (non-hydrogen) atoms. The molecule has 1 aliphatic heterocycles. The summed E-state index contributed by atoms with van der Waals surface area (Å²) in [4.78, 5) is 14.5. The van der Waals surface area contributed by atoms with Crippen LogP contribution in [0.4, 0.5) is 0 Å². The van der Waals surface area contributed by atoms with E-state index in [4.69, 9.17) is 14.7 Å². The highest BCUT2D eigenvalue weighted by molar-refractivity contribution is 5.86. The van der Waals surface area contributed by atoms with E-state index in [9.17, 15) is 9.90 Å². The quantitative estimate of drug-likeness (QED) is 0.551. The lowest BCUT2D eigenvalue weighted by atomic mass is 10.0. The Morgan fingerprint density at radius 1 is 1.00 bits per heavy atom. The fraction of sp³-hybridized carbons (Fsp3) is 0.0909. The largest absolute Gasteiger partial charge is 0.504 e. The maximum atomic E-state index is 11.9. The number of aromatic amines is 1. The van der Waals surface area contributed by atoms with Crippen molar-refractivity contribution in [1.82, 2.24) is 9.55 Å². The number of benzene rings is 2. The number of ether oxygens (including phenoxy) is 2. The van der Waals surface area contributed by atoms with Crippen molar-refractivity contribution >= 4 is 11.0 Å². The number of pyridine rings is 1. The molecule has 142 valence electrons. The molecular formula is C22H15N3O4. The summed E-state index contributed by atoms with van der Waals surface area (Å²) in [5, 5.41) is 19.6. The average molecular weight is 385 g/mol. The molecule has 7 heteroatoms. The fourth-order valence-electron chi connectivity index (χ4n) is 3.54. The van der Waals surface area contributed by atoms with Gasteiger partial charge < -0.3 is 24.1 Å². The van der Waals surface area contributed by atoms with E-state index in [0.717, 1.165) is 28.3 Å². The number of fused-ring (bicyclic) bond motifs is 2. The summed E-state index contributed by atoms with van der Waals surface area (Å²) in [7, 11) is 0. The Kier molecular flexibility index (Phi) is 3.78. The molecule has 0 amide bonds. The molecule has 5 rings (SSSR count). The van der Waals surface area contributed by atoms with Gasteiger partial charge in [-0.2, -0.15) is 5.26 Å². The van der Waals surface area contributed by atoms with Gasteiger partial charge in [0.05, 0.1) is 5.52 Å². The lowest BCUT2D eigenvalue weighted by molar-refractivity contribution is 0.171. The zero-order valence-corrected chi connectivity index (χ0v) is 15.2. The predicted octanol–water partition coefficient (Wildman–Crippen LogP) is 3.33. The van der Waals surface area contributed by atoms with Crippen molar-refractivity contribution < 1.29 is 14.6 Å². The fourth-order valence-corrected chi connectivity index (χ4v) is 3.54. The Morgan fingerprint density at radius 2 is 1.72 bits per heavy atom. The van der Waals surface area contributed by atoms with Gasteiger partial charge in [0.15, 0.2) is 22.8 Å². The van der Waals surface area contributed by atoms with Gasteiger partial charge in [-0.1, -0.05) is 18.2 Å². The zero-order valence-electron chi connectivity index (χ0n) is 15.2. The molecule has 0 radical (unpaired) electrons. The molecule has 4 aromatic rings. The summed E-state index contributed by atoms with van der Waals surface area (Å²) in [6.07, 6.45) is 1.74. The number of aromatic hydroxyl groups is 1. The number of nitriles is 1. The third-order valence-corrected chi connectivity index (χ3v) is 4.96. The molecule has 1 aliphatic rings. The number of hydrogen-bond donors (Lipinski definition) is 2. The lowest BCUT2D eigenvalue weighted by Crippen LogP contribution is -2.15. The van der Waals surface area contributed by atoms with Crippen molar-refractivity contribution in [3.05, 3.63) is 70.6 Å². The van der Waals surface area contributed by atoms with E-state index in [1.165, 1.54) is 0 Å². The molecule has 2 aromatic heterocycles. The van der Waals surface area contributed by atoms with Crippen LogP contribution in [0.1, 0.15) is 5.56 Å². The van der Waals surface area contributed by atoms with Crippen LogP contribution < -0.4 is 15.0 Å². The summed E-state index contributed by atoms with van der Waals surface area (Å²) in [5.74, 6) is 1.15. The SMILES string of the molecule is N#Cc1c(O)c2c(ccn2-c2ccc(-c3ccc4c(c3)OCCO4)cc2)[nH]c1=O. The maximum absolute atomic E-state index is 11.9. The highest BCUT2D eigenvalue weighted by atomic mass is 16.6. The van der Waals surface area contributed by atoms with E-state index in [2.05, 4.69) is 4.98 Å². The minimum atomic E-state index is -0.607. The minimum absolute atomic E-state index is 0.301.